The minimum Gasteiger partial charge on any atom is -0.363 e. The van der Waals surface area contributed by atoms with Crippen molar-refractivity contribution in [3.05, 3.63) is 45.3 Å². The lowest BCUT2D eigenvalue weighted by Crippen LogP contribution is -2.17. The summed E-state index contributed by atoms with van der Waals surface area (Å²) in [5, 5.41) is 8.16. The summed E-state index contributed by atoms with van der Waals surface area (Å²) >= 11 is 11.8. The Morgan fingerprint density at radius 1 is 1.19 bits per heavy atom. The third-order valence-corrected chi connectivity index (χ3v) is 4.69. The number of halogens is 2. The zero-order chi connectivity index (χ0) is 19.7. The molecule has 0 aliphatic heterocycles. The first-order chi connectivity index (χ1) is 12.7. The first-order valence-electron chi connectivity index (χ1n) is 8.66. The molecule has 3 rings (SSSR count). The number of aryl methyl sites for hydroxylation is 2. The number of hydrogen-bond acceptors (Lipinski definition) is 5. The van der Waals surface area contributed by atoms with Crippen LogP contribution in [0, 0.1) is 6.92 Å². The predicted molar refractivity (Wildman–Crippen MR) is 109 cm³/mol. The van der Waals surface area contributed by atoms with Gasteiger partial charge < -0.3 is 5.32 Å². The highest BCUT2D eigenvalue weighted by Gasteiger charge is 2.16. The Labute approximate surface area is 167 Å². The van der Waals surface area contributed by atoms with E-state index in [0.717, 1.165) is 27.9 Å². The summed E-state index contributed by atoms with van der Waals surface area (Å²) in [6.07, 6.45) is 0.222. The quantitative estimate of drug-likeness (QED) is 0.617. The highest BCUT2D eigenvalue weighted by Crippen LogP contribution is 2.28. The van der Waals surface area contributed by atoms with Gasteiger partial charge in [-0.25, -0.2) is 9.97 Å². The number of nitrogens with one attached hydrogen (secondary N) is 1. The molecule has 0 aliphatic carbocycles. The van der Waals surface area contributed by atoms with Gasteiger partial charge in [0.25, 0.3) is 0 Å². The average Bonchev–Trinajstić information content (AvgIpc) is 2.85. The molecule has 3 heterocycles. The molecule has 142 valence electrons. The van der Waals surface area contributed by atoms with Crippen LogP contribution in [0.1, 0.15) is 36.6 Å². The zero-order valence-corrected chi connectivity index (χ0v) is 17.2. The van der Waals surface area contributed by atoms with Crippen molar-refractivity contribution in [2.45, 2.75) is 33.1 Å². The molecule has 0 amide bonds. The second kappa shape index (κ2) is 7.82. The van der Waals surface area contributed by atoms with Crippen molar-refractivity contribution in [1.29, 1.82) is 0 Å². The molecule has 6 nitrogen and oxygen atoms in total. The fourth-order valence-corrected chi connectivity index (χ4v) is 3.60. The fraction of sp³-hybridized carbons (Fsp3) is 0.368. The van der Waals surface area contributed by atoms with E-state index in [0.29, 0.717) is 11.7 Å². The van der Waals surface area contributed by atoms with Crippen molar-refractivity contribution in [2.24, 2.45) is 7.05 Å². The Balaban J connectivity index is 1.78. The van der Waals surface area contributed by atoms with Crippen LogP contribution >= 0.6 is 23.2 Å². The second-order valence-electron chi connectivity index (χ2n) is 6.85. The molecule has 8 heteroatoms. The summed E-state index contributed by atoms with van der Waals surface area (Å²) in [5.41, 5.74) is 4.63. The molecule has 3 aromatic heterocycles. The van der Waals surface area contributed by atoms with Gasteiger partial charge in [0, 0.05) is 13.5 Å². The van der Waals surface area contributed by atoms with Gasteiger partial charge in [0.1, 0.15) is 21.6 Å². The molecule has 0 spiro atoms. The molecule has 27 heavy (non-hydrogen) atoms. The van der Waals surface area contributed by atoms with E-state index in [1.165, 1.54) is 0 Å². The molecule has 0 aliphatic rings. The molecule has 0 aromatic carbocycles. The zero-order valence-electron chi connectivity index (χ0n) is 15.7. The van der Waals surface area contributed by atoms with Gasteiger partial charge in [-0.3, -0.25) is 9.48 Å². The Bertz CT molecular complexity index is 993. The molecule has 0 fully saturated rings. The minimum absolute atomic E-state index is 0.00392. The second-order valence-corrected chi connectivity index (χ2v) is 7.62. The smallest absolute Gasteiger partial charge is 0.156 e. The number of hydrogen-bond donors (Lipinski definition) is 1. The summed E-state index contributed by atoms with van der Waals surface area (Å²) in [4.78, 5) is 20.9. The van der Waals surface area contributed by atoms with Crippen LogP contribution in [-0.2, 0) is 18.3 Å². The van der Waals surface area contributed by atoms with Gasteiger partial charge in [-0.05, 0) is 42.2 Å². The number of anilines is 1. The summed E-state index contributed by atoms with van der Waals surface area (Å²) in [6, 6.07) is 5.28. The largest absolute Gasteiger partial charge is 0.363 e. The first-order valence-corrected chi connectivity index (χ1v) is 9.42. The van der Waals surface area contributed by atoms with Gasteiger partial charge >= 0.3 is 0 Å². The summed E-state index contributed by atoms with van der Waals surface area (Å²) in [5.74, 6) is 0.980. The third kappa shape index (κ3) is 4.39. The molecule has 0 unspecified atom stereocenters. The van der Waals surface area contributed by atoms with Gasteiger partial charge in [-0.15, -0.1) is 0 Å². The van der Waals surface area contributed by atoms with Crippen LogP contribution in [0.25, 0.3) is 11.0 Å². The lowest BCUT2D eigenvalue weighted by molar-refractivity contribution is -0.116. The summed E-state index contributed by atoms with van der Waals surface area (Å²) < 4.78 is 1.86. The Hall–Kier alpha value is -2.18. The number of Topliss-reactive ketones (excluding diaryl/α,β-unsaturated/α-hetero) is 1. The number of aromatic nitrogens is 4. The maximum atomic E-state index is 12.3. The van der Waals surface area contributed by atoms with Crippen molar-refractivity contribution in [1.82, 2.24) is 19.7 Å². The lowest BCUT2D eigenvalue weighted by atomic mass is 10.0. The van der Waals surface area contributed by atoms with Gasteiger partial charge in [-0.2, -0.15) is 5.10 Å². The number of carbonyl (C=O) groups is 1. The topological polar surface area (TPSA) is 72.7 Å². The van der Waals surface area contributed by atoms with Crippen LogP contribution in [0.3, 0.4) is 0 Å². The molecular weight excluding hydrogens is 385 g/mol. The van der Waals surface area contributed by atoms with Crippen molar-refractivity contribution in [2.75, 3.05) is 11.9 Å². The van der Waals surface area contributed by atoms with E-state index in [4.69, 9.17) is 23.2 Å². The van der Waals surface area contributed by atoms with Crippen LogP contribution in [0.4, 0.5) is 5.82 Å². The van der Waals surface area contributed by atoms with E-state index in [-0.39, 0.29) is 29.1 Å². The molecule has 3 aromatic rings. The molecule has 0 atom stereocenters. The van der Waals surface area contributed by atoms with Gasteiger partial charge in [0.05, 0.1) is 17.8 Å². The predicted octanol–water partition coefficient (Wildman–Crippen LogP) is 4.33. The van der Waals surface area contributed by atoms with E-state index in [1.807, 2.05) is 24.7 Å². The fourth-order valence-electron chi connectivity index (χ4n) is 3.10. The number of rotatable bonds is 6. The number of carbonyl (C=O) groups excluding carboxylic acids is 1. The van der Waals surface area contributed by atoms with Gasteiger partial charge in [0.2, 0.25) is 0 Å². The van der Waals surface area contributed by atoms with Crippen molar-refractivity contribution in [3.63, 3.8) is 0 Å². The van der Waals surface area contributed by atoms with Crippen molar-refractivity contribution < 1.29 is 4.79 Å². The molecule has 0 saturated carbocycles. The van der Waals surface area contributed by atoms with Gasteiger partial charge in [0.15, 0.2) is 5.78 Å². The molecule has 0 bridgehead atoms. The average molecular weight is 406 g/mol. The molecule has 0 radical (unpaired) electrons. The molecule has 0 saturated heterocycles. The van der Waals surface area contributed by atoms with Crippen molar-refractivity contribution in [3.8, 4) is 0 Å². The van der Waals surface area contributed by atoms with Crippen LogP contribution in [0.15, 0.2) is 18.2 Å². The van der Waals surface area contributed by atoms with Crippen molar-refractivity contribution >= 4 is 45.8 Å². The SMILES string of the molecule is Cc1nn(C)c2c(C(C)C)cc(NCC(=O)Cc3cc(Cl)nc(Cl)c3)nc12. The highest BCUT2D eigenvalue weighted by atomic mass is 35.5. The lowest BCUT2D eigenvalue weighted by Gasteiger charge is -2.12. The van der Waals surface area contributed by atoms with E-state index in [1.54, 1.807) is 12.1 Å². The van der Waals surface area contributed by atoms with Gasteiger partial charge in [-0.1, -0.05) is 37.0 Å². The summed E-state index contributed by atoms with van der Waals surface area (Å²) in [6.45, 7) is 6.35. The Kier molecular flexibility index (Phi) is 5.67. The van der Waals surface area contributed by atoms with Crippen LogP contribution in [0.2, 0.25) is 10.3 Å². The normalized spacial score (nSPS) is 11.4. The standard InChI is InChI=1S/C19H21Cl2N5O/c1-10(2)14-8-17(24-18-11(3)25-26(4)19(14)18)22-9-13(27)5-12-6-15(20)23-16(21)7-12/h6-8,10H,5,9H2,1-4H3,(H,22,24). The molecule has 1 N–H and O–H groups in total. The Morgan fingerprint density at radius 2 is 1.85 bits per heavy atom. The van der Waals surface area contributed by atoms with Crippen LogP contribution in [-0.4, -0.2) is 32.1 Å². The number of nitrogens with zero attached hydrogens (tertiary/aromatic N) is 4. The number of fused-ring (bicyclic) bond motifs is 1. The monoisotopic (exact) mass is 405 g/mol. The maximum absolute atomic E-state index is 12.3. The highest BCUT2D eigenvalue weighted by molar-refractivity contribution is 6.32. The van der Waals surface area contributed by atoms with Crippen LogP contribution < -0.4 is 5.32 Å². The maximum Gasteiger partial charge on any atom is 0.156 e. The third-order valence-electron chi connectivity index (χ3n) is 4.30. The van der Waals surface area contributed by atoms with E-state index in [2.05, 4.69) is 34.2 Å². The number of pyridine rings is 2. The first kappa shape index (κ1) is 19.6. The number of ketones is 1. The van der Waals surface area contributed by atoms with E-state index >= 15 is 0 Å². The molecular formula is C19H21Cl2N5O. The Morgan fingerprint density at radius 3 is 2.48 bits per heavy atom. The van der Waals surface area contributed by atoms with Crippen LogP contribution in [0.5, 0.6) is 0 Å². The van der Waals surface area contributed by atoms with E-state index < -0.39 is 0 Å². The minimum atomic E-state index is 0.00392. The van der Waals surface area contributed by atoms with E-state index in [9.17, 15) is 4.79 Å². The summed E-state index contributed by atoms with van der Waals surface area (Å²) in [7, 11) is 1.92.